The summed E-state index contributed by atoms with van der Waals surface area (Å²) < 4.78 is 0. The standard InChI is InChI=1S/C19H22N2O2/c1-12(2)15-6-8-16(9-7-15)18(22)20-21-19(23)17-10-5-13(3)11-14(17)4/h5-12H,1-4H3,(H,20,22)(H,21,23). The Labute approximate surface area is 136 Å². The summed E-state index contributed by atoms with van der Waals surface area (Å²) >= 11 is 0. The van der Waals surface area contributed by atoms with Gasteiger partial charge in [0.1, 0.15) is 0 Å². The molecule has 0 bridgehead atoms. The number of nitrogens with one attached hydrogen (secondary N) is 2. The van der Waals surface area contributed by atoms with Crippen LogP contribution in [-0.4, -0.2) is 11.8 Å². The molecule has 2 rings (SSSR count). The molecule has 0 unspecified atom stereocenters. The lowest BCUT2D eigenvalue weighted by Crippen LogP contribution is -2.41. The van der Waals surface area contributed by atoms with Crippen LogP contribution in [0.15, 0.2) is 42.5 Å². The summed E-state index contributed by atoms with van der Waals surface area (Å²) in [5, 5.41) is 0. The van der Waals surface area contributed by atoms with E-state index in [1.807, 2.05) is 38.1 Å². The molecule has 0 aliphatic carbocycles. The molecule has 0 spiro atoms. The van der Waals surface area contributed by atoms with Gasteiger partial charge in [0.25, 0.3) is 11.8 Å². The molecule has 0 heterocycles. The van der Waals surface area contributed by atoms with Gasteiger partial charge in [-0.2, -0.15) is 0 Å². The van der Waals surface area contributed by atoms with E-state index in [0.717, 1.165) is 11.1 Å². The maximum atomic E-state index is 12.1. The summed E-state index contributed by atoms with van der Waals surface area (Å²) in [4.78, 5) is 24.2. The lowest BCUT2D eigenvalue weighted by atomic mass is 10.0. The van der Waals surface area contributed by atoms with Crippen LogP contribution >= 0.6 is 0 Å². The number of aryl methyl sites for hydroxylation is 2. The van der Waals surface area contributed by atoms with Gasteiger partial charge in [-0.3, -0.25) is 20.4 Å². The smallest absolute Gasteiger partial charge is 0.267 e. The Morgan fingerprint density at radius 3 is 2.04 bits per heavy atom. The normalized spacial score (nSPS) is 10.5. The third-order valence-corrected chi connectivity index (χ3v) is 3.76. The maximum Gasteiger partial charge on any atom is 0.269 e. The van der Waals surface area contributed by atoms with E-state index in [-0.39, 0.29) is 11.8 Å². The minimum Gasteiger partial charge on any atom is -0.267 e. The third kappa shape index (κ3) is 4.19. The van der Waals surface area contributed by atoms with Crippen molar-refractivity contribution in [3.8, 4) is 0 Å². The maximum absolute atomic E-state index is 12.1. The van der Waals surface area contributed by atoms with E-state index >= 15 is 0 Å². The minimum atomic E-state index is -0.335. The quantitative estimate of drug-likeness (QED) is 0.852. The summed E-state index contributed by atoms with van der Waals surface area (Å²) in [5.74, 6) is -0.246. The van der Waals surface area contributed by atoms with Gasteiger partial charge in [0, 0.05) is 11.1 Å². The molecule has 4 nitrogen and oxygen atoms in total. The zero-order valence-corrected chi connectivity index (χ0v) is 13.9. The largest absolute Gasteiger partial charge is 0.269 e. The van der Waals surface area contributed by atoms with Gasteiger partial charge in [-0.05, 0) is 49.1 Å². The first-order chi connectivity index (χ1) is 10.9. The molecule has 0 fully saturated rings. The molecule has 120 valence electrons. The molecule has 0 saturated carbocycles. The number of benzene rings is 2. The van der Waals surface area contributed by atoms with Crippen LogP contribution in [0.5, 0.6) is 0 Å². The first-order valence-corrected chi connectivity index (χ1v) is 7.66. The zero-order chi connectivity index (χ0) is 17.0. The van der Waals surface area contributed by atoms with Crippen LogP contribution in [0.3, 0.4) is 0 Å². The fourth-order valence-electron chi connectivity index (χ4n) is 2.34. The molecule has 2 amide bonds. The first kappa shape index (κ1) is 16.7. The van der Waals surface area contributed by atoms with E-state index in [1.165, 1.54) is 5.56 Å². The highest BCUT2D eigenvalue weighted by Gasteiger charge is 2.11. The van der Waals surface area contributed by atoms with Crippen LogP contribution in [0, 0.1) is 13.8 Å². The van der Waals surface area contributed by atoms with Crippen LogP contribution in [0.1, 0.15) is 57.2 Å². The molecule has 0 atom stereocenters. The minimum absolute atomic E-state index is 0.324. The van der Waals surface area contributed by atoms with E-state index in [1.54, 1.807) is 18.2 Å². The van der Waals surface area contributed by atoms with Gasteiger partial charge < -0.3 is 0 Å². The van der Waals surface area contributed by atoms with Crippen molar-refractivity contribution >= 4 is 11.8 Å². The van der Waals surface area contributed by atoms with Crippen molar-refractivity contribution in [3.05, 3.63) is 70.3 Å². The number of hydrogen-bond acceptors (Lipinski definition) is 2. The van der Waals surface area contributed by atoms with Crippen molar-refractivity contribution in [2.75, 3.05) is 0 Å². The summed E-state index contributed by atoms with van der Waals surface area (Å²) in [6, 6.07) is 12.9. The van der Waals surface area contributed by atoms with Crippen molar-refractivity contribution in [2.24, 2.45) is 0 Å². The molecule has 2 aromatic carbocycles. The van der Waals surface area contributed by atoms with Crippen molar-refractivity contribution in [1.82, 2.24) is 10.9 Å². The number of rotatable bonds is 3. The Bertz CT molecular complexity index is 719. The molecule has 23 heavy (non-hydrogen) atoms. The van der Waals surface area contributed by atoms with E-state index in [0.29, 0.717) is 17.0 Å². The van der Waals surface area contributed by atoms with E-state index in [4.69, 9.17) is 0 Å². The zero-order valence-electron chi connectivity index (χ0n) is 13.9. The summed E-state index contributed by atoms with van der Waals surface area (Å²) in [5.41, 5.74) is 9.09. The Kier molecular flexibility index (Phi) is 5.16. The second-order valence-corrected chi connectivity index (χ2v) is 6.00. The highest BCUT2D eigenvalue weighted by molar-refractivity contribution is 5.99. The number of hydrogen-bond donors (Lipinski definition) is 2. The van der Waals surface area contributed by atoms with Crippen LogP contribution in [0.2, 0.25) is 0 Å². The molecule has 0 aromatic heterocycles. The summed E-state index contributed by atoms with van der Waals surface area (Å²) in [7, 11) is 0. The second-order valence-electron chi connectivity index (χ2n) is 6.00. The summed E-state index contributed by atoms with van der Waals surface area (Å²) in [6.45, 7) is 8.03. The molecule has 0 saturated heterocycles. The predicted molar refractivity (Wildman–Crippen MR) is 91.4 cm³/mol. The van der Waals surface area contributed by atoms with Gasteiger partial charge in [0.15, 0.2) is 0 Å². The number of carbonyl (C=O) groups excluding carboxylic acids is 2. The average Bonchev–Trinajstić information content (AvgIpc) is 2.52. The Morgan fingerprint density at radius 2 is 1.48 bits per heavy atom. The monoisotopic (exact) mass is 310 g/mol. The molecule has 2 aromatic rings. The fraction of sp³-hybridized carbons (Fsp3) is 0.263. The average molecular weight is 310 g/mol. The third-order valence-electron chi connectivity index (χ3n) is 3.76. The highest BCUT2D eigenvalue weighted by Crippen LogP contribution is 2.14. The Morgan fingerprint density at radius 1 is 0.870 bits per heavy atom. The Hall–Kier alpha value is -2.62. The van der Waals surface area contributed by atoms with Crippen LogP contribution in [0.25, 0.3) is 0 Å². The van der Waals surface area contributed by atoms with Crippen molar-refractivity contribution in [1.29, 1.82) is 0 Å². The van der Waals surface area contributed by atoms with Gasteiger partial charge in [0.05, 0.1) is 0 Å². The lowest BCUT2D eigenvalue weighted by molar-refractivity contribution is 0.0846. The van der Waals surface area contributed by atoms with Crippen LogP contribution in [0.4, 0.5) is 0 Å². The number of carbonyl (C=O) groups is 2. The van der Waals surface area contributed by atoms with E-state index < -0.39 is 0 Å². The summed E-state index contributed by atoms with van der Waals surface area (Å²) in [6.07, 6.45) is 0. The molecule has 4 heteroatoms. The molecule has 0 aliphatic rings. The SMILES string of the molecule is Cc1ccc(C(=O)NNC(=O)c2ccc(C(C)C)cc2)c(C)c1. The molecular weight excluding hydrogens is 288 g/mol. The van der Waals surface area contributed by atoms with Crippen molar-refractivity contribution in [3.63, 3.8) is 0 Å². The predicted octanol–water partition coefficient (Wildman–Crippen LogP) is 3.50. The van der Waals surface area contributed by atoms with Crippen molar-refractivity contribution in [2.45, 2.75) is 33.6 Å². The van der Waals surface area contributed by atoms with Gasteiger partial charge >= 0.3 is 0 Å². The van der Waals surface area contributed by atoms with Gasteiger partial charge in [-0.25, -0.2) is 0 Å². The first-order valence-electron chi connectivity index (χ1n) is 7.66. The van der Waals surface area contributed by atoms with Crippen LogP contribution < -0.4 is 10.9 Å². The fourth-order valence-corrected chi connectivity index (χ4v) is 2.34. The molecular formula is C19H22N2O2. The number of amides is 2. The van der Waals surface area contributed by atoms with Gasteiger partial charge in [-0.15, -0.1) is 0 Å². The molecule has 0 aliphatic heterocycles. The van der Waals surface area contributed by atoms with Crippen LogP contribution in [-0.2, 0) is 0 Å². The topological polar surface area (TPSA) is 58.2 Å². The van der Waals surface area contributed by atoms with Gasteiger partial charge in [-0.1, -0.05) is 43.7 Å². The second kappa shape index (κ2) is 7.09. The molecule has 0 radical (unpaired) electrons. The van der Waals surface area contributed by atoms with E-state index in [9.17, 15) is 9.59 Å². The lowest BCUT2D eigenvalue weighted by Gasteiger charge is -2.10. The number of hydrazine groups is 1. The van der Waals surface area contributed by atoms with Crippen molar-refractivity contribution < 1.29 is 9.59 Å². The Balaban J connectivity index is 1.99. The highest BCUT2D eigenvalue weighted by atomic mass is 16.2. The van der Waals surface area contributed by atoms with Gasteiger partial charge in [0.2, 0.25) is 0 Å². The van der Waals surface area contributed by atoms with E-state index in [2.05, 4.69) is 24.7 Å². The molecule has 2 N–H and O–H groups in total.